The van der Waals surface area contributed by atoms with Gasteiger partial charge in [0.05, 0.1) is 16.5 Å². The zero-order valence-corrected chi connectivity index (χ0v) is 18.7. The van der Waals surface area contributed by atoms with E-state index in [2.05, 4.69) is 5.32 Å². The van der Waals surface area contributed by atoms with Crippen LogP contribution in [0.1, 0.15) is 30.9 Å². The van der Waals surface area contributed by atoms with Crippen LogP contribution in [0, 0.1) is 0 Å². The standard InChI is InChI=1S/C22H26F3N3O3S/c1-16(27(2)15-17-5-7-18(8-6-17)22(23,24)25)21(29)26-19-9-11-20(12-10-19)32(30,31)28-13-3-4-14-28/h5-12,16H,3-4,13-15H2,1-2H3,(H,26,29)/t16-/m1/s1. The van der Waals surface area contributed by atoms with Gasteiger partial charge in [-0.1, -0.05) is 12.1 Å². The van der Waals surface area contributed by atoms with Crippen molar-refractivity contribution in [2.24, 2.45) is 0 Å². The molecule has 1 N–H and O–H groups in total. The summed E-state index contributed by atoms with van der Waals surface area (Å²) in [5.74, 6) is -0.311. The fourth-order valence-corrected chi connectivity index (χ4v) is 4.98. The number of anilines is 1. The lowest BCUT2D eigenvalue weighted by Crippen LogP contribution is -2.39. The van der Waals surface area contributed by atoms with E-state index in [4.69, 9.17) is 0 Å². The van der Waals surface area contributed by atoms with Gasteiger partial charge < -0.3 is 5.32 Å². The Kier molecular flexibility index (Phi) is 7.26. The molecule has 1 fully saturated rings. The first-order valence-corrected chi connectivity index (χ1v) is 11.7. The number of likely N-dealkylation sites (N-methyl/N-ethyl adjacent to an activating group) is 1. The maximum Gasteiger partial charge on any atom is 0.416 e. The molecule has 10 heteroatoms. The van der Waals surface area contributed by atoms with E-state index in [1.807, 2.05) is 0 Å². The van der Waals surface area contributed by atoms with Crippen molar-refractivity contribution in [2.45, 2.75) is 43.4 Å². The molecule has 1 aliphatic rings. The molecule has 174 valence electrons. The molecule has 1 atom stereocenters. The zero-order valence-electron chi connectivity index (χ0n) is 17.9. The Morgan fingerprint density at radius 3 is 2.16 bits per heavy atom. The SMILES string of the molecule is C[C@H](C(=O)Nc1ccc(S(=O)(=O)N2CCCC2)cc1)N(C)Cc1ccc(C(F)(F)F)cc1. The van der Waals surface area contributed by atoms with E-state index >= 15 is 0 Å². The molecule has 32 heavy (non-hydrogen) atoms. The number of nitrogens with one attached hydrogen (secondary N) is 1. The molecule has 6 nitrogen and oxygen atoms in total. The van der Waals surface area contributed by atoms with Gasteiger partial charge in [0.25, 0.3) is 0 Å². The third-order valence-electron chi connectivity index (χ3n) is 5.58. The van der Waals surface area contributed by atoms with Gasteiger partial charge in [-0.05, 0) is 68.8 Å². The molecule has 0 saturated carbocycles. The minimum atomic E-state index is -4.39. The highest BCUT2D eigenvalue weighted by molar-refractivity contribution is 7.89. The van der Waals surface area contributed by atoms with Crippen molar-refractivity contribution in [3.05, 3.63) is 59.7 Å². The Labute approximate surface area is 186 Å². The highest BCUT2D eigenvalue weighted by Gasteiger charge is 2.30. The first kappa shape index (κ1) is 24.2. The highest BCUT2D eigenvalue weighted by atomic mass is 32.2. The molecule has 1 aliphatic heterocycles. The van der Waals surface area contributed by atoms with Crippen molar-refractivity contribution < 1.29 is 26.4 Å². The molecule has 0 bridgehead atoms. The molecule has 2 aromatic carbocycles. The average molecular weight is 470 g/mol. The van der Waals surface area contributed by atoms with E-state index in [1.54, 1.807) is 31.0 Å². The van der Waals surface area contributed by atoms with Crippen LogP contribution in [0.4, 0.5) is 18.9 Å². The molecule has 1 amide bonds. The second kappa shape index (κ2) is 9.60. The van der Waals surface area contributed by atoms with Crippen molar-refractivity contribution >= 4 is 21.6 Å². The largest absolute Gasteiger partial charge is 0.416 e. The number of amides is 1. The van der Waals surface area contributed by atoms with Gasteiger partial charge in [0, 0.05) is 25.3 Å². The second-order valence-corrected chi connectivity index (χ2v) is 9.85. The minimum Gasteiger partial charge on any atom is -0.325 e. The summed E-state index contributed by atoms with van der Waals surface area (Å²) in [7, 11) is -1.82. The summed E-state index contributed by atoms with van der Waals surface area (Å²) in [6.07, 6.45) is -2.68. The molecule has 1 saturated heterocycles. The minimum absolute atomic E-state index is 0.185. The average Bonchev–Trinajstić information content (AvgIpc) is 3.29. The van der Waals surface area contributed by atoms with Gasteiger partial charge in [-0.2, -0.15) is 17.5 Å². The lowest BCUT2D eigenvalue weighted by Gasteiger charge is -2.24. The number of hydrogen-bond acceptors (Lipinski definition) is 4. The molecule has 0 aromatic heterocycles. The van der Waals surface area contributed by atoms with Crippen molar-refractivity contribution in [1.29, 1.82) is 0 Å². The summed E-state index contributed by atoms with van der Waals surface area (Å²) in [6.45, 7) is 3.01. The van der Waals surface area contributed by atoms with E-state index in [-0.39, 0.29) is 10.8 Å². The summed E-state index contributed by atoms with van der Waals surface area (Å²) in [5, 5.41) is 2.75. The fraction of sp³-hybridized carbons (Fsp3) is 0.409. The number of sulfonamides is 1. The molecule has 2 aromatic rings. The van der Waals surface area contributed by atoms with Crippen molar-refractivity contribution in [3.63, 3.8) is 0 Å². The second-order valence-electron chi connectivity index (χ2n) is 7.91. The molecule has 1 heterocycles. The molecular formula is C22H26F3N3O3S. The van der Waals surface area contributed by atoms with E-state index in [0.29, 0.717) is 30.9 Å². The maximum absolute atomic E-state index is 12.7. The molecule has 0 aliphatic carbocycles. The van der Waals surface area contributed by atoms with E-state index in [9.17, 15) is 26.4 Å². The maximum atomic E-state index is 12.7. The van der Waals surface area contributed by atoms with Gasteiger partial charge in [-0.25, -0.2) is 8.42 Å². The van der Waals surface area contributed by atoms with Gasteiger partial charge in [0.2, 0.25) is 15.9 Å². The molecule has 0 unspecified atom stereocenters. The van der Waals surface area contributed by atoms with Crippen LogP contribution in [0.3, 0.4) is 0 Å². The quantitative estimate of drug-likeness (QED) is 0.667. The molecule has 3 rings (SSSR count). The highest BCUT2D eigenvalue weighted by Crippen LogP contribution is 2.29. The number of nitrogens with zero attached hydrogens (tertiary/aromatic N) is 2. The summed E-state index contributed by atoms with van der Waals surface area (Å²) >= 11 is 0. The number of carbonyl (C=O) groups is 1. The smallest absolute Gasteiger partial charge is 0.325 e. The lowest BCUT2D eigenvalue weighted by molar-refractivity contribution is -0.137. The Hall–Kier alpha value is -2.43. The van der Waals surface area contributed by atoms with Crippen LogP contribution in [-0.4, -0.2) is 49.7 Å². The van der Waals surface area contributed by atoms with Crippen LogP contribution in [0.2, 0.25) is 0 Å². The van der Waals surface area contributed by atoms with Crippen molar-refractivity contribution in [2.75, 3.05) is 25.5 Å². The van der Waals surface area contributed by atoms with Gasteiger partial charge >= 0.3 is 6.18 Å². The van der Waals surface area contributed by atoms with Gasteiger partial charge in [-0.3, -0.25) is 9.69 Å². The predicted molar refractivity (Wildman–Crippen MR) is 115 cm³/mol. The first-order chi connectivity index (χ1) is 15.0. The summed E-state index contributed by atoms with van der Waals surface area (Å²) in [5.41, 5.74) is 0.395. The van der Waals surface area contributed by atoms with Crippen LogP contribution in [0.25, 0.3) is 0 Å². The Balaban J connectivity index is 1.58. The Morgan fingerprint density at radius 1 is 1.06 bits per heavy atom. The van der Waals surface area contributed by atoms with Crippen LogP contribution in [0.5, 0.6) is 0 Å². The number of rotatable bonds is 7. The predicted octanol–water partition coefficient (Wildman–Crippen LogP) is 3.95. The van der Waals surface area contributed by atoms with Crippen LogP contribution in [-0.2, 0) is 27.5 Å². The van der Waals surface area contributed by atoms with Crippen LogP contribution >= 0.6 is 0 Å². The molecule has 0 radical (unpaired) electrons. The normalized spacial score (nSPS) is 16.3. The monoisotopic (exact) mass is 469 g/mol. The van der Waals surface area contributed by atoms with Gasteiger partial charge in [0.15, 0.2) is 0 Å². The van der Waals surface area contributed by atoms with E-state index < -0.39 is 27.8 Å². The van der Waals surface area contributed by atoms with E-state index in [1.165, 1.54) is 28.6 Å². The lowest BCUT2D eigenvalue weighted by atomic mass is 10.1. The number of hydrogen-bond donors (Lipinski definition) is 1. The van der Waals surface area contributed by atoms with Crippen molar-refractivity contribution in [3.8, 4) is 0 Å². The van der Waals surface area contributed by atoms with Crippen molar-refractivity contribution in [1.82, 2.24) is 9.21 Å². The zero-order chi connectivity index (χ0) is 23.5. The topological polar surface area (TPSA) is 69.7 Å². The third-order valence-corrected chi connectivity index (χ3v) is 7.49. The summed E-state index contributed by atoms with van der Waals surface area (Å²) in [6, 6.07) is 10.3. The van der Waals surface area contributed by atoms with E-state index in [0.717, 1.165) is 25.0 Å². The Morgan fingerprint density at radius 2 is 1.62 bits per heavy atom. The third kappa shape index (κ3) is 5.67. The molecular weight excluding hydrogens is 443 g/mol. The van der Waals surface area contributed by atoms with Crippen LogP contribution < -0.4 is 5.32 Å². The number of benzene rings is 2. The summed E-state index contributed by atoms with van der Waals surface area (Å²) < 4.78 is 64.7. The molecule has 0 spiro atoms. The fourth-order valence-electron chi connectivity index (χ4n) is 3.46. The van der Waals surface area contributed by atoms with Gasteiger partial charge in [-0.15, -0.1) is 0 Å². The number of alkyl halides is 3. The summed E-state index contributed by atoms with van der Waals surface area (Å²) in [4.78, 5) is 14.5. The number of carbonyl (C=O) groups excluding carboxylic acids is 1. The van der Waals surface area contributed by atoms with Gasteiger partial charge in [0.1, 0.15) is 0 Å². The number of halogens is 3. The first-order valence-electron chi connectivity index (χ1n) is 10.3. The Bertz CT molecular complexity index is 1030. The van der Waals surface area contributed by atoms with Crippen LogP contribution in [0.15, 0.2) is 53.4 Å².